The number of anilines is 2. The molecule has 0 bridgehead atoms. The van der Waals surface area contributed by atoms with Crippen molar-refractivity contribution in [2.45, 2.75) is 24.3 Å². The molecule has 2 aromatic rings. The number of aromatic nitrogens is 1. The number of hydrogen-bond acceptors (Lipinski definition) is 6. The van der Waals surface area contributed by atoms with E-state index in [2.05, 4.69) is 16.4 Å². The summed E-state index contributed by atoms with van der Waals surface area (Å²) in [7, 11) is 0. The average molecular weight is 349 g/mol. The number of nitriles is 2. The second kappa shape index (κ2) is 7.25. The smallest absolute Gasteiger partial charge is 0.234 e. The van der Waals surface area contributed by atoms with Gasteiger partial charge in [0.2, 0.25) is 5.91 Å². The van der Waals surface area contributed by atoms with Gasteiger partial charge in [0.1, 0.15) is 23.0 Å². The first-order valence-corrected chi connectivity index (χ1v) is 8.74. The highest BCUT2D eigenvalue weighted by molar-refractivity contribution is 8.00. The van der Waals surface area contributed by atoms with Crippen LogP contribution in [-0.2, 0) is 17.6 Å². The quantitative estimate of drug-likeness (QED) is 0.820. The minimum absolute atomic E-state index is 0.0584. The molecule has 0 atom stereocenters. The molecule has 0 radical (unpaired) electrons. The number of rotatable bonds is 4. The minimum atomic E-state index is -0.184. The SMILES string of the molecule is N#Cc1cc(C#N)c(SCC(=O)Nc2ccc3c(c2)CCC3)nc1N. The van der Waals surface area contributed by atoms with Crippen LogP contribution in [0, 0.1) is 22.7 Å². The van der Waals surface area contributed by atoms with E-state index in [4.69, 9.17) is 16.3 Å². The molecule has 7 heteroatoms. The standard InChI is InChI=1S/C18H15N5OS/c19-8-13-6-14(9-20)18(23-17(13)21)25-10-16(24)22-15-5-4-11-2-1-3-12(11)7-15/h4-7H,1-3,10H2,(H2,21,23)(H,22,24). The molecule has 6 nitrogen and oxygen atoms in total. The number of thioether (sulfide) groups is 1. The van der Waals surface area contributed by atoms with Crippen molar-refractivity contribution < 1.29 is 4.79 Å². The first-order chi connectivity index (χ1) is 12.1. The molecule has 124 valence electrons. The second-order valence-electron chi connectivity index (χ2n) is 5.67. The number of nitrogens with two attached hydrogens (primary N) is 1. The summed E-state index contributed by atoms with van der Waals surface area (Å²) in [6.07, 6.45) is 3.31. The molecule has 0 fully saturated rings. The highest BCUT2D eigenvalue weighted by atomic mass is 32.2. The summed E-state index contributed by atoms with van der Waals surface area (Å²) in [5.41, 5.74) is 9.49. The molecule has 0 unspecified atom stereocenters. The number of amides is 1. The van der Waals surface area contributed by atoms with Gasteiger partial charge in [-0.25, -0.2) is 4.98 Å². The maximum absolute atomic E-state index is 12.2. The lowest BCUT2D eigenvalue weighted by molar-refractivity contribution is -0.113. The van der Waals surface area contributed by atoms with E-state index in [9.17, 15) is 4.79 Å². The van der Waals surface area contributed by atoms with Crippen LogP contribution >= 0.6 is 11.8 Å². The van der Waals surface area contributed by atoms with Gasteiger partial charge in [-0.1, -0.05) is 17.8 Å². The van der Waals surface area contributed by atoms with Gasteiger partial charge in [0.15, 0.2) is 0 Å². The molecule has 1 heterocycles. The van der Waals surface area contributed by atoms with Crippen molar-refractivity contribution in [1.29, 1.82) is 10.5 Å². The summed E-state index contributed by atoms with van der Waals surface area (Å²) in [5, 5.41) is 21.3. The van der Waals surface area contributed by atoms with Crippen molar-refractivity contribution in [2.75, 3.05) is 16.8 Å². The zero-order chi connectivity index (χ0) is 17.8. The second-order valence-corrected chi connectivity index (χ2v) is 6.64. The van der Waals surface area contributed by atoms with Crippen LogP contribution in [0.15, 0.2) is 29.3 Å². The lowest BCUT2D eigenvalue weighted by atomic mass is 10.1. The molecule has 3 rings (SSSR count). The molecule has 1 aromatic heterocycles. The number of nitrogen functional groups attached to an aromatic ring is 1. The number of hydrogen-bond donors (Lipinski definition) is 2. The van der Waals surface area contributed by atoms with E-state index in [1.165, 1.54) is 17.2 Å². The Morgan fingerprint density at radius 2 is 1.96 bits per heavy atom. The molecule has 1 aliphatic carbocycles. The molecule has 1 amide bonds. The number of aryl methyl sites for hydroxylation is 2. The van der Waals surface area contributed by atoms with Crippen LogP contribution in [0.5, 0.6) is 0 Å². The Balaban J connectivity index is 1.66. The number of carbonyl (C=O) groups is 1. The molecule has 0 spiro atoms. The maximum Gasteiger partial charge on any atom is 0.234 e. The number of fused-ring (bicyclic) bond motifs is 1. The van der Waals surface area contributed by atoms with Crippen LogP contribution < -0.4 is 11.1 Å². The van der Waals surface area contributed by atoms with E-state index in [0.29, 0.717) is 5.03 Å². The van der Waals surface area contributed by atoms with E-state index < -0.39 is 0 Å². The molecule has 25 heavy (non-hydrogen) atoms. The van der Waals surface area contributed by atoms with Crippen molar-refractivity contribution >= 4 is 29.2 Å². The predicted octanol–water partition coefficient (Wildman–Crippen LogP) is 2.63. The third kappa shape index (κ3) is 3.73. The van der Waals surface area contributed by atoms with Crippen molar-refractivity contribution in [3.8, 4) is 12.1 Å². The van der Waals surface area contributed by atoms with E-state index in [1.54, 1.807) is 0 Å². The average Bonchev–Trinajstić information content (AvgIpc) is 3.07. The summed E-state index contributed by atoms with van der Waals surface area (Å²) >= 11 is 1.12. The Bertz CT molecular complexity index is 926. The molecule has 1 aromatic carbocycles. The van der Waals surface area contributed by atoms with Crippen molar-refractivity contribution in [2.24, 2.45) is 0 Å². The fourth-order valence-electron chi connectivity index (χ4n) is 2.77. The Hall–Kier alpha value is -3.03. The van der Waals surface area contributed by atoms with E-state index in [1.807, 2.05) is 24.3 Å². The van der Waals surface area contributed by atoms with Gasteiger partial charge in [-0.15, -0.1) is 0 Å². The summed E-state index contributed by atoms with van der Waals surface area (Å²) in [5.74, 6) is -0.0241. The molecule has 0 aliphatic heterocycles. The van der Waals surface area contributed by atoms with Gasteiger partial charge in [0.05, 0.1) is 16.9 Å². The van der Waals surface area contributed by atoms with Crippen molar-refractivity contribution in [1.82, 2.24) is 4.98 Å². The Labute approximate surface area is 149 Å². The fourth-order valence-corrected chi connectivity index (χ4v) is 3.53. The van der Waals surface area contributed by atoms with Crippen LogP contribution in [0.25, 0.3) is 0 Å². The summed E-state index contributed by atoms with van der Waals surface area (Å²) < 4.78 is 0. The Kier molecular flexibility index (Phi) is 4.87. The van der Waals surface area contributed by atoms with Crippen LogP contribution in [-0.4, -0.2) is 16.6 Å². The topological polar surface area (TPSA) is 116 Å². The molecular weight excluding hydrogens is 334 g/mol. The monoisotopic (exact) mass is 349 g/mol. The largest absolute Gasteiger partial charge is 0.383 e. The highest BCUT2D eigenvalue weighted by Crippen LogP contribution is 2.26. The van der Waals surface area contributed by atoms with Gasteiger partial charge < -0.3 is 11.1 Å². The third-order valence-electron chi connectivity index (χ3n) is 3.98. The summed E-state index contributed by atoms with van der Waals surface area (Å²) in [6.45, 7) is 0. The molecule has 0 saturated carbocycles. The number of pyridine rings is 1. The third-order valence-corrected chi connectivity index (χ3v) is 4.97. The molecule has 3 N–H and O–H groups in total. The van der Waals surface area contributed by atoms with Crippen LogP contribution in [0.4, 0.5) is 11.5 Å². The first-order valence-electron chi connectivity index (χ1n) is 7.76. The zero-order valence-electron chi connectivity index (χ0n) is 13.4. The van der Waals surface area contributed by atoms with Gasteiger partial charge in [-0.05, 0) is 48.6 Å². The molecule has 0 saturated heterocycles. The predicted molar refractivity (Wildman–Crippen MR) is 95.9 cm³/mol. The fraction of sp³-hybridized carbons (Fsp3) is 0.222. The number of nitrogens with one attached hydrogen (secondary N) is 1. The Morgan fingerprint density at radius 1 is 1.20 bits per heavy atom. The number of nitrogens with zero attached hydrogens (tertiary/aromatic N) is 3. The number of carbonyl (C=O) groups excluding carboxylic acids is 1. The summed E-state index contributed by atoms with van der Waals surface area (Å²) in [4.78, 5) is 16.2. The van der Waals surface area contributed by atoms with Crippen molar-refractivity contribution in [3.05, 3.63) is 46.5 Å². The van der Waals surface area contributed by atoms with Crippen molar-refractivity contribution in [3.63, 3.8) is 0 Å². The van der Waals surface area contributed by atoms with Gasteiger partial charge in [-0.2, -0.15) is 10.5 Å². The molecule has 1 aliphatic rings. The van der Waals surface area contributed by atoms with Gasteiger partial charge in [-0.3, -0.25) is 4.79 Å². The van der Waals surface area contributed by atoms with Crippen LogP contribution in [0.2, 0.25) is 0 Å². The maximum atomic E-state index is 12.2. The lowest BCUT2D eigenvalue weighted by Gasteiger charge is -2.08. The van der Waals surface area contributed by atoms with Crippen LogP contribution in [0.1, 0.15) is 28.7 Å². The van der Waals surface area contributed by atoms with Crippen LogP contribution in [0.3, 0.4) is 0 Å². The lowest BCUT2D eigenvalue weighted by Crippen LogP contribution is -2.14. The zero-order valence-corrected chi connectivity index (χ0v) is 14.2. The summed E-state index contributed by atoms with van der Waals surface area (Å²) in [6, 6.07) is 11.2. The normalized spacial score (nSPS) is 12.1. The molecular formula is C18H15N5OS. The highest BCUT2D eigenvalue weighted by Gasteiger charge is 2.14. The minimum Gasteiger partial charge on any atom is -0.383 e. The van der Waals surface area contributed by atoms with E-state index in [0.717, 1.165) is 36.7 Å². The van der Waals surface area contributed by atoms with Gasteiger partial charge in [0.25, 0.3) is 0 Å². The number of benzene rings is 1. The van der Waals surface area contributed by atoms with Gasteiger partial charge in [0, 0.05) is 5.69 Å². The Morgan fingerprint density at radius 3 is 2.72 bits per heavy atom. The van der Waals surface area contributed by atoms with E-state index >= 15 is 0 Å². The van der Waals surface area contributed by atoms with Gasteiger partial charge >= 0.3 is 0 Å². The van der Waals surface area contributed by atoms with E-state index in [-0.39, 0.29) is 28.6 Å². The first kappa shape index (κ1) is 16.8.